The molecule has 0 bridgehead atoms. The van der Waals surface area contributed by atoms with Crippen LogP contribution in [0.5, 0.6) is 0 Å². The zero-order chi connectivity index (χ0) is 18.8. The zero-order valence-corrected chi connectivity index (χ0v) is 15.8. The third-order valence-electron chi connectivity index (χ3n) is 5.15. The molecular weight excluding hydrogens is 332 g/mol. The standard InChI is InChI=1S/C19H26N4O3/c1-5-23-16(24)7-6-14(18(23)15-9-21-22(4)10-15)8-20-19(25)17-12(2)11-26-13(17)3/h9-11,14,18H,5-8H2,1-4H3,(H,20,25)/t14-,18+/m1/s1. The summed E-state index contributed by atoms with van der Waals surface area (Å²) in [6.07, 6.45) is 6.62. The summed E-state index contributed by atoms with van der Waals surface area (Å²) in [5, 5.41) is 7.30. The summed E-state index contributed by atoms with van der Waals surface area (Å²) in [5.74, 6) is 0.801. The SMILES string of the molecule is CCN1C(=O)CC[C@H](CNC(=O)c2c(C)coc2C)[C@H]1c1cnn(C)c1. The van der Waals surface area contributed by atoms with E-state index in [2.05, 4.69) is 10.4 Å². The van der Waals surface area contributed by atoms with Gasteiger partial charge in [-0.3, -0.25) is 14.3 Å². The Balaban J connectivity index is 1.78. The monoisotopic (exact) mass is 358 g/mol. The second-order valence-corrected chi connectivity index (χ2v) is 6.93. The van der Waals surface area contributed by atoms with E-state index in [0.29, 0.717) is 30.8 Å². The van der Waals surface area contributed by atoms with Crippen molar-refractivity contribution in [3.63, 3.8) is 0 Å². The van der Waals surface area contributed by atoms with E-state index in [1.807, 2.05) is 38.2 Å². The molecule has 0 aliphatic carbocycles. The van der Waals surface area contributed by atoms with Gasteiger partial charge in [-0.05, 0) is 27.2 Å². The van der Waals surface area contributed by atoms with E-state index in [-0.39, 0.29) is 23.8 Å². The summed E-state index contributed by atoms with van der Waals surface area (Å²) in [7, 11) is 1.87. The van der Waals surface area contributed by atoms with Crippen molar-refractivity contribution in [2.24, 2.45) is 13.0 Å². The van der Waals surface area contributed by atoms with E-state index in [1.165, 1.54) is 0 Å². The molecule has 0 unspecified atom stereocenters. The number of carbonyl (C=O) groups excluding carboxylic acids is 2. The molecule has 7 nitrogen and oxygen atoms in total. The summed E-state index contributed by atoms with van der Waals surface area (Å²) >= 11 is 0. The van der Waals surface area contributed by atoms with Gasteiger partial charge in [-0.15, -0.1) is 0 Å². The van der Waals surface area contributed by atoms with Crippen molar-refractivity contribution in [2.45, 2.75) is 39.7 Å². The first kappa shape index (κ1) is 18.2. The molecule has 1 aliphatic rings. The maximum Gasteiger partial charge on any atom is 0.255 e. The Morgan fingerprint density at radius 3 is 2.77 bits per heavy atom. The van der Waals surface area contributed by atoms with Gasteiger partial charge in [0.15, 0.2) is 0 Å². The van der Waals surface area contributed by atoms with Crippen LogP contribution in [0.15, 0.2) is 23.1 Å². The van der Waals surface area contributed by atoms with Crippen LogP contribution >= 0.6 is 0 Å². The minimum absolute atomic E-state index is 0.0678. The zero-order valence-electron chi connectivity index (χ0n) is 15.8. The molecular formula is C19H26N4O3. The van der Waals surface area contributed by atoms with Crippen LogP contribution < -0.4 is 5.32 Å². The molecule has 26 heavy (non-hydrogen) atoms. The minimum atomic E-state index is -0.126. The van der Waals surface area contributed by atoms with Crippen LogP contribution in [0.3, 0.4) is 0 Å². The molecule has 3 heterocycles. The summed E-state index contributed by atoms with van der Waals surface area (Å²) in [5.41, 5.74) is 2.44. The van der Waals surface area contributed by atoms with Crippen LogP contribution in [0.25, 0.3) is 0 Å². The lowest BCUT2D eigenvalue weighted by molar-refractivity contribution is -0.138. The average molecular weight is 358 g/mol. The molecule has 7 heteroatoms. The summed E-state index contributed by atoms with van der Waals surface area (Å²) < 4.78 is 7.07. The molecule has 2 aromatic heterocycles. The Morgan fingerprint density at radius 1 is 1.42 bits per heavy atom. The van der Waals surface area contributed by atoms with Gasteiger partial charge >= 0.3 is 0 Å². The van der Waals surface area contributed by atoms with E-state index in [9.17, 15) is 9.59 Å². The molecule has 0 saturated carbocycles. The van der Waals surface area contributed by atoms with E-state index in [4.69, 9.17) is 4.42 Å². The average Bonchev–Trinajstić information content (AvgIpc) is 3.18. The second-order valence-electron chi connectivity index (χ2n) is 6.93. The number of aryl methyl sites for hydroxylation is 3. The summed E-state index contributed by atoms with van der Waals surface area (Å²) in [6, 6.07) is -0.0678. The third-order valence-corrected chi connectivity index (χ3v) is 5.15. The molecule has 1 aliphatic heterocycles. The van der Waals surface area contributed by atoms with Crippen LogP contribution in [0.2, 0.25) is 0 Å². The minimum Gasteiger partial charge on any atom is -0.469 e. The number of carbonyl (C=O) groups is 2. The highest BCUT2D eigenvalue weighted by Gasteiger charge is 2.36. The lowest BCUT2D eigenvalue weighted by atomic mass is 9.85. The molecule has 3 rings (SSSR count). The number of furan rings is 1. The number of likely N-dealkylation sites (tertiary alicyclic amines) is 1. The molecule has 0 aromatic carbocycles. The number of hydrogen-bond acceptors (Lipinski definition) is 4. The normalized spacial score (nSPS) is 20.5. The number of nitrogens with one attached hydrogen (secondary N) is 1. The van der Waals surface area contributed by atoms with Crippen molar-refractivity contribution in [3.8, 4) is 0 Å². The van der Waals surface area contributed by atoms with Crippen molar-refractivity contribution >= 4 is 11.8 Å². The maximum absolute atomic E-state index is 12.6. The van der Waals surface area contributed by atoms with Gasteiger partial charge in [0, 0.05) is 49.8 Å². The fraction of sp³-hybridized carbons (Fsp3) is 0.526. The Morgan fingerprint density at radius 2 is 2.19 bits per heavy atom. The quantitative estimate of drug-likeness (QED) is 0.890. The predicted molar refractivity (Wildman–Crippen MR) is 96.6 cm³/mol. The smallest absolute Gasteiger partial charge is 0.255 e. The third kappa shape index (κ3) is 3.38. The molecule has 1 saturated heterocycles. The van der Waals surface area contributed by atoms with Gasteiger partial charge in [0.25, 0.3) is 5.91 Å². The highest BCUT2D eigenvalue weighted by molar-refractivity contribution is 5.96. The fourth-order valence-electron chi connectivity index (χ4n) is 3.88. The van der Waals surface area contributed by atoms with E-state index in [0.717, 1.165) is 17.5 Å². The highest BCUT2D eigenvalue weighted by atomic mass is 16.3. The van der Waals surface area contributed by atoms with Crippen molar-refractivity contribution in [1.29, 1.82) is 0 Å². The van der Waals surface area contributed by atoms with Crippen LogP contribution in [0, 0.1) is 19.8 Å². The lowest BCUT2D eigenvalue weighted by Crippen LogP contribution is -2.46. The van der Waals surface area contributed by atoms with Gasteiger partial charge in [-0.25, -0.2) is 0 Å². The van der Waals surface area contributed by atoms with Gasteiger partial charge in [0.05, 0.1) is 24.1 Å². The van der Waals surface area contributed by atoms with Crippen LogP contribution in [0.4, 0.5) is 0 Å². The second kappa shape index (κ2) is 7.35. The van der Waals surface area contributed by atoms with Gasteiger partial charge in [0.1, 0.15) is 5.76 Å². The van der Waals surface area contributed by atoms with E-state index >= 15 is 0 Å². The van der Waals surface area contributed by atoms with Crippen molar-refractivity contribution in [2.75, 3.05) is 13.1 Å². The number of hydrogen-bond donors (Lipinski definition) is 1. The molecule has 0 spiro atoms. The Kier molecular flexibility index (Phi) is 5.15. The molecule has 2 aromatic rings. The van der Waals surface area contributed by atoms with Gasteiger partial charge in [-0.2, -0.15) is 5.10 Å². The summed E-state index contributed by atoms with van der Waals surface area (Å²) in [6.45, 7) is 6.79. The molecule has 2 atom stereocenters. The number of nitrogens with zero attached hydrogens (tertiary/aromatic N) is 3. The number of aromatic nitrogens is 2. The molecule has 2 amide bonds. The predicted octanol–water partition coefficient (Wildman–Crippen LogP) is 2.36. The van der Waals surface area contributed by atoms with Crippen LogP contribution in [0.1, 0.15) is 53.1 Å². The first-order valence-electron chi connectivity index (χ1n) is 9.03. The van der Waals surface area contributed by atoms with Gasteiger partial charge in [0.2, 0.25) is 5.91 Å². The summed E-state index contributed by atoms with van der Waals surface area (Å²) in [4.78, 5) is 26.9. The first-order chi connectivity index (χ1) is 12.4. The molecule has 1 fully saturated rings. The van der Waals surface area contributed by atoms with Crippen LogP contribution in [-0.4, -0.2) is 39.6 Å². The Labute approximate surface area is 153 Å². The van der Waals surface area contributed by atoms with Crippen molar-refractivity contribution in [3.05, 3.63) is 41.1 Å². The Hall–Kier alpha value is -2.57. The topological polar surface area (TPSA) is 80.4 Å². The van der Waals surface area contributed by atoms with Crippen molar-refractivity contribution < 1.29 is 14.0 Å². The maximum atomic E-state index is 12.6. The number of amides is 2. The lowest BCUT2D eigenvalue weighted by Gasteiger charge is -2.40. The van der Waals surface area contributed by atoms with E-state index in [1.54, 1.807) is 17.9 Å². The van der Waals surface area contributed by atoms with Gasteiger partial charge in [-0.1, -0.05) is 0 Å². The molecule has 140 valence electrons. The van der Waals surface area contributed by atoms with Crippen LogP contribution in [-0.2, 0) is 11.8 Å². The first-order valence-corrected chi connectivity index (χ1v) is 9.03. The Bertz CT molecular complexity index is 788. The van der Waals surface area contributed by atoms with E-state index < -0.39 is 0 Å². The molecule has 1 N–H and O–H groups in total. The van der Waals surface area contributed by atoms with Gasteiger partial charge < -0.3 is 14.6 Å². The number of piperidine rings is 1. The highest BCUT2D eigenvalue weighted by Crippen LogP contribution is 2.36. The van der Waals surface area contributed by atoms with Crippen molar-refractivity contribution in [1.82, 2.24) is 20.0 Å². The number of rotatable bonds is 5. The largest absolute Gasteiger partial charge is 0.469 e. The fourth-order valence-corrected chi connectivity index (χ4v) is 3.88. The molecule has 0 radical (unpaired) electrons.